The van der Waals surface area contributed by atoms with Crippen LogP contribution in [0.4, 0.5) is 11.9 Å². The van der Waals surface area contributed by atoms with Crippen LogP contribution in [0.25, 0.3) is 22.3 Å². The molecule has 0 spiro atoms. The zero-order chi connectivity index (χ0) is 44.1. The number of nitrogen functional groups attached to an aromatic ring is 2. The van der Waals surface area contributed by atoms with E-state index in [2.05, 4.69) is 81.2 Å². The number of phosphoric ester groups is 2. The molecule has 60 heavy (non-hydrogen) atoms. The number of aromatic nitrogens is 8. The molecule has 3 aliphatic rings. The Kier molecular flexibility index (Phi) is 15.8. The average Bonchev–Trinajstić information content (AvgIpc) is 3.96. The molecule has 2 unspecified atom stereocenters. The van der Waals surface area contributed by atoms with Crippen molar-refractivity contribution < 1.29 is 56.7 Å². The van der Waals surface area contributed by atoms with Gasteiger partial charge in [-0.2, -0.15) is 9.97 Å². The second kappa shape index (κ2) is 20.0. The summed E-state index contributed by atoms with van der Waals surface area (Å²) in [4.78, 5) is 70.9. The molecule has 0 saturated carbocycles. The molecule has 10 atom stereocenters. The summed E-state index contributed by atoms with van der Waals surface area (Å²) in [5, 5.41) is 22.1. The molecule has 7 rings (SSSR count). The fourth-order valence-corrected chi connectivity index (χ4v) is 8.61. The number of nitrogens with two attached hydrogens (primary N) is 2. The number of nitrogens with zero attached hydrogens (tertiary/aromatic N) is 8. The van der Waals surface area contributed by atoms with Gasteiger partial charge in [0.1, 0.15) is 36.6 Å². The van der Waals surface area contributed by atoms with Gasteiger partial charge in [0.15, 0.2) is 34.8 Å². The molecule has 0 amide bonds. The molecule has 2 bridgehead atoms. The van der Waals surface area contributed by atoms with Crippen LogP contribution < -0.4 is 22.6 Å². The van der Waals surface area contributed by atoms with Crippen LogP contribution in [-0.2, 0) is 36.7 Å². The molecule has 7 heterocycles. The molecule has 28 heteroatoms. The van der Waals surface area contributed by atoms with E-state index >= 15 is 0 Å². The number of aromatic amines is 2. The molecule has 0 aliphatic carbocycles. The predicted molar refractivity (Wildman–Crippen MR) is 213 cm³/mol. The van der Waals surface area contributed by atoms with Gasteiger partial charge in [0, 0.05) is 0 Å². The summed E-state index contributed by atoms with van der Waals surface area (Å²) in [6.07, 6.45) is -11.0. The number of H-pyrrole nitrogens is 2. The zero-order valence-corrected chi connectivity index (χ0v) is 35.7. The summed E-state index contributed by atoms with van der Waals surface area (Å²) in [6, 6.07) is 0. The standard InChI is InChI=1S/C20H24N10O14P2.2C6H15N/c21-19-25-13-7(15(33)27-19)23-3-29(13)17-10(32)11-6(42-17)2-40-46(37,38)44-12-9(31)5(1-39-45(35,36)43-11)41-18(12)30-4-24-8-14(30)26-20(22)28-16(8)34;2*1-4-7(5-2)6-3/h3-6,9-12,17-18,31-32H,1-2H2,(H,35,36)(H,37,38)(H3,21,25,27,33)(H3,22,26,28,34);2*4-6H2,1-3H3/t5-,6-,9-,10-,11-,12-,17-,18-;;/m1../s1. The molecular formula is C32H54N12O14P2. The number of fused-ring (bicyclic) bond motifs is 5. The van der Waals surface area contributed by atoms with Crippen molar-refractivity contribution >= 4 is 49.9 Å². The molecule has 3 fully saturated rings. The number of rotatable bonds is 8. The minimum atomic E-state index is -5.16. The van der Waals surface area contributed by atoms with Gasteiger partial charge in [-0.05, 0) is 39.3 Å². The van der Waals surface area contributed by atoms with Gasteiger partial charge in [0.25, 0.3) is 11.1 Å². The van der Waals surface area contributed by atoms with Crippen LogP contribution in [0.1, 0.15) is 54.0 Å². The van der Waals surface area contributed by atoms with E-state index in [0.717, 1.165) is 21.8 Å². The van der Waals surface area contributed by atoms with Crippen LogP contribution in [-0.4, -0.2) is 158 Å². The summed E-state index contributed by atoms with van der Waals surface area (Å²) in [7, 11) is -10.3. The lowest BCUT2D eigenvalue weighted by molar-refractivity contribution is -0.0672. The Bertz CT molecular complexity index is 2240. The minimum absolute atomic E-state index is 0.126. The maximum absolute atomic E-state index is 13.2. The highest BCUT2D eigenvalue weighted by Crippen LogP contribution is 2.53. The van der Waals surface area contributed by atoms with Crippen molar-refractivity contribution in [2.24, 2.45) is 0 Å². The van der Waals surface area contributed by atoms with E-state index in [-0.39, 0.29) is 34.2 Å². The number of aliphatic hydroxyl groups is 2. The quantitative estimate of drug-likeness (QED) is 0.105. The highest BCUT2D eigenvalue weighted by Gasteiger charge is 2.54. The summed E-state index contributed by atoms with van der Waals surface area (Å²) in [5.74, 6) is -0.583. The van der Waals surface area contributed by atoms with Crippen LogP contribution >= 0.6 is 15.6 Å². The molecule has 10 N–H and O–H groups in total. The van der Waals surface area contributed by atoms with Gasteiger partial charge in [0.05, 0.1) is 25.9 Å². The molecule has 0 aromatic carbocycles. The summed E-state index contributed by atoms with van der Waals surface area (Å²) in [5.41, 5.74) is 9.23. The topological polar surface area (TPSA) is 356 Å². The van der Waals surface area contributed by atoms with Gasteiger partial charge in [-0.3, -0.25) is 46.8 Å². The monoisotopic (exact) mass is 892 g/mol. The number of hydrogen-bond acceptors (Lipinski definition) is 20. The number of anilines is 2. The van der Waals surface area contributed by atoms with E-state index in [1.54, 1.807) is 0 Å². The Labute approximate surface area is 343 Å². The van der Waals surface area contributed by atoms with E-state index < -0.39 is 89.1 Å². The molecule has 4 aromatic rings. The lowest BCUT2D eigenvalue weighted by atomic mass is 10.1. The van der Waals surface area contributed by atoms with Crippen LogP contribution in [0.5, 0.6) is 0 Å². The van der Waals surface area contributed by atoms with E-state index in [1.807, 2.05) is 0 Å². The number of nitrogens with one attached hydrogen (secondary N) is 2. The first-order valence-corrected chi connectivity index (χ1v) is 22.3. The average molecular weight is 893 g/mol. The summed E-state index contributed by atoms with van der Waals surface area (Å²) >= 11 is 0. The first-order valence-electron chi connectivity index (χ1n) is 19.3. The van der Waals surface area contributed by atoms with Gasteiger partial charge in [-0.1, -0.05) is 41.5 Å². The molecule has 3 saturated heterocycles. The zero-order valence-electron chi connectivity index (χ0n) is 33.9. The van der Waals surface area contributed by atoms with E-state index in [9.17, 15) is 38.7 Å². The second-order valence-corrected chi connectivity index (χ2v) is 16.4. The Morgan fingerprint density at radius 3 is 1.52 bits per heavy atom. The Balaban J connectivity index is 0.000000420. The van der Waals surface area contributed by atoms with Crippen molar-refractivity contribution in [1.29, 1.82) is 0 Å². The Morgan fingerprint density at radius 1 is 0.683 bits per heavy atom. The van der Waals surface area contributed by atoms with Gasteiger partial charge >= 0.3 is 15.6 Å². The van der Waals surface area contributed by atoms with Crippen LogP contribution in [0.15, 0.2) is 22.2 Å². The van der Waals surface area contributed by atoms with Crippen molar-refractivity contribution in [2.75, 3.05) is 63.9 Å². The number of phosphoric acid groups is 2. The van der Waals surface area contributed by atoms with Gasteiger partial charge in [-0.15, -0.1) is 0 Å². The third-order valence-electron chi connectivity index (χ3n) is 10.1. The van der Waals surface area contributed by atoms with Gasteiger partial charge < -0.3 is 50.7 Å². The molecule has 336 valence electrons. The lowest BCUT2D eigenvalue weighted by Gasteiger charge is -2.25. The SMILES string of the molecule is CCN(CC)CC.CCN(CC)CC.Nc1nc2c(ncn2[C@@H]2O[C@@H]3COP(=O)(O)O[C@@H]4[C@H](O)[C@@H](COP(=O)(O)O[C@H]3[C@H]2O)O[C@H]4n2cnc3c(=O)[nH]c(N)nc32)c(=O)[nH]1. The molecule has 3 aliphatic heterocycles. The maximum atomic E-state index is 13.2. The largest absolute Gasteiger partial charge is 0.472 e. The van der Waals surface area contributed by atoms with E-state index in [1.165, 1.54) is 39.3 Å². The van der Waals surface area contributed by atoms with Crippen molar-refractivity contribution in [3.8, 4) is 0 Å². The van der Waals surface area contributed by atoms with E-state index in [0.29, 0.717) is 0 Å². The van der Waals surface area contributed by atoms with Gasteiger partial charge in [0.2, 0.25) is 11.9 Å². The Morgan fingerprint density at radius 2 is 1.08 bits per heavy atom. The second-order valence-electron chi connectivity index (χ2n) is 13.6. The van der Waals surface area contributed by atoms with E-state index in [4.69, 9.17) is 39.0 Å². The number of imidazole rings is 2. The number of hydrogen-bond donors (Lipinski definition) is 8. The highest BCUT2D eigenvalue weighted by atomic mass is 31.2. The summed E-state index contributed by atoms with van der Waals surface area (Å²) < 4.78 is 60.7. The van der Waals surface area contributed by atoms with Crippen LogP contribution in [0.3, 0.4) is 0 Å². The molecule has 4 aromatic heterocycles. The first kappa shape index (κ1) is 47.3. The maximum Gasteiger partial charge on any atom is 0.472 e. The fourth-order valence-electron chi connectivity index (χ4n) is 6.71. The third kappa shape index (κ3) is 10.7. The number of aliphatic hydroxyl groups excluding tert-OH is 2. The smallest absolute Gasteiger partial charge is 0.387 e. The van der Waals surface area contributed by atoms with Crippen LogP contribution in [0, 0.1) is 0 Å². The summed E-state index contributed by atoms with van der Waals surface area (Å²) in [6.45, 7) is 18.5. The lowest BCUT2D eigenvalue weighted by Crippen LogP contribution is -2.36. The third-order valence-corrected chi connectivity index (χ3v) is 12.0. The van der Waals surface area contributed by atoms with Crippen LogP contribution in [0.2, 0.25) is 0 Å². The van der Waals surface area contributed by atoms with Gasteiger partial charge in [-0.25, -0.2) is 19.1 Å². The van der Waals surface area contributed by atoms with Crippen molar-refractivity contribution in [1.82, 2.24) is 48.8 Å². The molecule has 26 nitrogen and oxygen atoms in total. The normalized spacial score (nSPS) is 30.9. The predicted octanol–water partition coefficient (Wildman–Crippen LogP) is -0.352. The highest BCUT2D eigenvalue weighted by molar-refractivity contribution is 7.47. The minimum Gasteiger partial charge on any atom is -0.387 e. The van der Waals surface area contributed by atoms with Crippen molar-refractivity contribution in [3.63, 3.8) is 0 Å². The first-order chi connectivity index (χ1) is 28.4. The molecule has 0 radical (unpaired) electrons. The Hall–Kier alpha value is -3.72. The molecular weight excluding hydrogens is 838 g/mol. The van der Waals surface area contributed by atoms with Crippen molar-refractivity contribution in [2.45, 2.75) is 90.6 Å². The fraction of sp³-hybridized carbons (Fsp3) is 0.688. The number of ether oxygens (including phenoxy) is 2. The van der Waals surface area contributed by atoms with Crippen molar-refractivity contribution in [3.05, 3.63) is 33.4 Å².